The third-order valence-corrected chi connectivity index (χ3v) is 4.05. The highest BCUT2D eigenvalue weighted by Crippen LogP contribution is 2.21. The van der Waals surface area contributed by atoms with Gasteiger partial charge in [0.05, 0.1) is 12.2 Å². The first-order chi connectivity index (χ1) is 10.1. The second-order valence-electron chi connectivity index (χ2n) is 4.30. The van der Waals surface area contributed by atoms with Gasteiger partial charge in [-0.15, -0.1) is 0 Å². The largest absolute Gasteiger partial charge is 0.464 e. The molecule has 2 heterocycles. The third-order valence-electron chi connectivity index (χ3n) is 3.03. The Morgan fingerprint density at radius 2 is 2.29 bits per heavy atom. The normalized spacial score (nSPS) is 18.4. The van der Waals surface area contributed by atoms with Crippen LogP contribution in [0.5, 0.6) is 0 Å². The van der Waals surface area contributed by atoms with Gasteiger partial charge in [0.1, 0.15) is 6.04 Å². The molecule has 0 spiro atoms. The minimum absolute atomic E-state index is 0.195. The Labute approximate surface area is 124 Å². The van der Waals surface area contributed by atoms with E-state index in [9.17, 15) is 18.4 Å². The average molecular weight is 316 g/mol. The van der Waals surface area contributed by atoms with E-state index < -0.39 is 35.2 Å². The number of esters is 1. The molecular weight excluding hydrogens is 302 g/mol. The van der Waals surface area contributed by atoms with Gasteiger partial charge in [-0.1, -0.05) is 0 Å². The van der Waals surface area contributed by atoms with Crippen molar-refractivity contribution in [2.45, 2.75) is 13.0 Å². The molecular formula is C13H14F2N2O3S. The number of nitrogens with zero attached hydrogens (tertiary/aromatic N) is 2. The Kier molecular flexibility index (Phi) is 5.11. The van der Waals surface area contributed by atoms with Crippen LogP contribution in [0.4, 0.5) is 8.78 Å². The summed E-state index contributed by atoms with van der Waals surface area (Å²) in [4.78, 5) is 28.6. The summed E-state index contributed by atoms with van der Waals surface area (Å²) in [6.45, 7) is 2.13. The SMILES string of the molecule is CCOC(=O)C1CSCCN1C(=O)c1ccnc(F)c1F. The van der Waals surface area contributed by atoms with Crippen molar-refractivity contribution in [2.24, 2.45) is 0 Å². The molecule has 1 amide bonds. The summed E-state index contributed by atoms with van der Waals surface area (Å²) in [7, 11) is 0. The third kappa shape index (κ3) is 3.31. The van der Waals surface area contributed by atoms with Crippen LogP contribution in [0, 0.1) is 11.8 Å². The van der Waals surface area contributed by atoms with E-state index in [4.69, 9.17) is 4.74 Å². The number of halogens is 2. The van der Waals surface area contributed by atoms with Gasteiger partial charge in [-0.25, -0.2) is 14.2 Å². The van der Waals surface area contributed by atoms with Gasteiger partial charge in [-0.2, -0.15) is 16.2 Å². The predicted molar refractivity (Wildman–Crippen MR) is 72.9 cm³/mol. The molecule has 2 rings (SSSR count). The fraction of sp³-hybridized carbons (Fsp3) is 0.462. The Morgan fingerprint density at radius 1 is 1.52 bits per heavy atom. The van der Waals surface area contributed by atoms with Crippen LogP contribution in [0.2, 0.25) is 0 Å². The first kappa shape index (κ1) is 15.7. The maximum Gasteiger partial charge on any atom is 0.329 e. The summed E-state index contributed by atoms with van der Waals surface area (Å²) in [5.74, 6) is -2.90. The molecule has 1 atom stereocenters. The minimum Gasteiger partial charge on any atom is -0.464 e. The number of carbonyl (C=O) groups is 2. The molecule has 1 aliphatic heterocycles. The van der Waals surface area contributed by atoms with E-state index >= 15 is 0 Å². The van der Waals surface area contributed by atoms with Crippen molar-refractivity contribution in [1.82, 2.24) is 9.88 Å². The number of thioether (sulfide) groups is 1. The maximum absolute atomic E-state index is 13.7. The van der Waals surface area contributed by atoms with Crippen molar-refractivity contribution in [3.63, 3.8) is 0 Å². The summed E-state index contributed by atoms with van der Waals surface area (Å²) in [5, 5.41) is 0. The van der Waals surface area contributed by atoms with Crippen molar-refractivity contribution in [1.29, 1.82) is 0 Å². The Bertz CT molecular complexity index is 556. The highest BCUT2D eigenvalue weighted by Gasteiger charge is 2.35. The summed E-state index contributed by atoms with van der Waals surface area (Å²) in [6.07, 6.45) is 1.02. The Morgan fingerprint density at radius 3 is 3.00 bits per heavy atom. The van der Waals surface area contributed by atoms with Crippen LogP contribution in [0.3, 0.4) is 0 Å². The zero-order chi connectivity index (χ0) is 15.4. The summed E-state index contributed by atoms with van der Waals surface area (Å²) in [6, 6.07) is 0.317. The molecule has 0 bridgehead atoms. The van der Waals surface area contributed by atoms with E-state index in [-0.39, 0.29) is 13.2 Å². The number of ether oxygens (including phenoxy) is 1. The zero-order valence-corrected chi connectivity index (χ0v) is 12.2. The standard InChI is InChI=1S/C13H14F2N2O3S/c1-2-20-13(19)9-7-21-6-5-17(9)12(18)8-3-4-16-11(15)10(8)14/h3-4,9H,2,5-7H2,1H3. The molecule has 0 aliphatic carbocycles. The second kappa shape index (κ2) is 6.84. The van der Waals surface area contributed by atoms with Crippen LogP contribution < -0.4 is 0 Å². The average Bonchev–Trinajstić information content (AvgIpc) is 2.49. The smallest absolute Gasteiger partial charge is 0.329 e. The first-order valence-corrected chi connectivity index (χ1v) is 7.57. The van der Waals surface area contributed by atoms with Gasteiger partial charge in [0.2, 0.25) is 5.95 Å². The molecule has 1 saturated heterocycles. The number of hydrogen-bond acceptors (Lipinski definition) is 5. The van der Waals surface area contributed by atoms with E-state index in [0.717, 1.165) is 12.3 Å². The highest BCUT2D eigenvalue weighted by atomic mass is 32.2. The molecule has 0 radical (unpaired) electrons. The minimum atomic E-state index is -1.33. The fourth-order valence-corrected chi connectivity index (χ4v) is 3.05. The zero-order valence-electron chi connectivity index (χ0n) is 11.3. The molecule has 21 heavy (non-hydrogen) atoms. The van der Waals surface area contributed by atoms with Gasteiger partial charge >= 0.3 is 5.97 Å². The number of carbonyl (C=O) groups excluding carboxylic acids is 2. The van der Waals surface area contributed by atoms with Crippen LogP contribution in [0.15, 0.2) is 12.3 Å². The molecule has 1 aliphatic rings. The lowest BCUT2D eigenvalue weighted by Gasteiger charge is -2.33. The van der Waals surface area contributed by atoms with Crippen molar-refractivity contribution >= 4 is 23.6 Å². The molecule has 1 aromatic rings. The van der Waals surface area contributed by atoms with Crippen molar-refractivity contribution in [2.75, 3.05) is 24.7 Å². The number of pyridine rings is 1. The lowest BCUT2D eigenvalue weighted by molar-refractivity contribution is -0.147. The lowest BCUT2D eigenvalue weighted by Crippen LogP contribution is -2.51. The summed E-state index contributed by atoms with van der Waals surface area (Å²) >= 11 is 1.51. The van der Waals surface area contributed by atoms with Crippen molar-refractivity contribution in [3.8, 4) is 0 Å². The molecule has 1 fully saturated rings. The van der Waals surface area contributed by atoms with Crippen LogP contribution >= 0.6 is 11.8 Å². The predicted octanol–water partition coefficient (Wildman–Crippen LogP) is 1.48. The fourth-order valence-electron chi connectivity index (χ4n) is 2.02. The van der Waals surface area contributed by atoms with Gasteiger partial charge in [-0.05, 0) is 13.0 Å². The first-order valence-electron chi connectivity index (χ1n) is 6.41. The molecule has 114 valence electrons. The Balaban J connectivity index is 2.26. The lowest BCUT2D eigenvalue weighted by atomic mass is 10.1. The van der Waals surface area contributed by atoms with Gasteiger partial charge < -0.3 is 9.64 Å². The van der Waals surface area contributed by atoms with E-state index in [1.54, 1.807) is 6.92 Å². The van der Waals surface area contributed by atoms with E-state index in [2.05, 4.69) is 4.98 Å². The monoisotopic (exact) mass is 316 g/mol. The molecule has 0 aromatic carbocycles. The van der Waals surface area contributed by atoms with Gasteiger partial charge in [-0.3, -0.25) is 4.79 Å². The van der Waals surface area contributed by atoms with Crippen molar-refractivity contribution in [3.05, 3.63) is 29.6 Å². The molecule has 1 aromatic heterocycles. The van der Waals surface area contributed by atoms with Crippen molar-refractivity contribution < 1.29 is 23.1 Å². The number of aromatic nitrogens is 1. The summed E-state index contributed by atoms with van der Waals surface area (Å²) < 4.78 is 31.7. The van der Waals surface area contributed by atoms with Crippen LogP contribution in [-0.2, 0) is 9.53 Å². The molecule has 0 saturated carbocycles. The maximum atomic E-state index is 13.7. The number of amides is 1. The van der Waals surface area contributed by atoms with Gasteiger partial charge in [0, 0.05) is 24.2 Å². The number of rotatable bonds is 3. The van der Waals surface area contributed by atoms with Gasteiger partial charge in [0.25, 0.3) is 5.91 Å². The Hall–Kier alpha value is -1.70. The van der Waals surface area contributed by atoms with Crippen LogP contribution in [-0.4, -0.2) is 52.5 Å². The molecule has 1 unspecified atom stereocenters. The van der Waals surface area contributed by atoms with Crippen LogP contribution in [0.1, 0.15) is 17.3 Å². The van der Waals surface area contributed by atoms with E-state index in [1.165, 1.54) is 16.7 Å². The highest BCUT2D eigenvalue weighted by molar-refractivity contribution is 7.99. The summed E-state index contributed by atoms with van der Waals surface area (Å²) in [5.41, 5.74) is -0.427. The second-order valence-corrected chi connectivity index (χ2v) is 5.45. The molecule has 0 N–H and O–H groups in total. The van der Waals surface area contributed by atoms with Gasteiger partial charge in [0.15, 0.2) is 5.82 Å². The molecule has 8 heteroatoms. The molecule has 5 nitrogen and oxygen atoms in total. The topological polar surface area (TPSA) is 59.5 Å². The quantitative estimate of drug-likeness (QED) is 0.624. The van der Waals surface area contributed by atoms with Crippen LogP contribution in [0.25, 0.3) is 0 Å². The van der Waals surface area contributed by atoms with E-state index in [0.29, 0.717) is 11.5 Å². The number of hydrogen-bond donors (Lipinski definition) is 0. The van der Waals surface area contributed by atoms with E-state index in [1.807, 2.05) is 0 Å².